The first kappa shape index (κ1) is 15.2. The van der Waals surface area contributed by atoms with Crippen molar-refractivity contribution in [3.63, 3.8) is 0 Å². The van der Waals surface area contributed by atoms with Gasteiger partial charge in [0.25, 0.3) is 0 Å². The number of hydrogen-bond donors (Lipinski definition) is 2. The second-order valence-corrected chi connectivity index (χ2v) is 4.63. The first-order chi connectivity index (χ1) is 8.97. The predicted molar refractivity (Wildman–Crippen MR) is 75.6 cm³/mol. The zero-order chi connectivity index (χ0) is 14.4. The number of nitrogens with one attached hydrogen (secondary N) is 1. The van der Waals surface area contributed by atoms with E-state index in [0.29, 0.717) is 24.8 Å². The molecule has 0 aliphatic rings. The Kier molecular flexibility index (Phi) is 5.57. The second-order valence-electron chi connectivity index (χ2n) is 4.63. The van der Waals surface area contributed by atoms with Crippen LogP contribution >= 0.6 is 0 Å². The van der Waals surface area contributed by atoms with Gasteiger partial charge >= 0.3 is 5.69 Å². The molecule has 0 heterocycles. The Balaban J connectivity index is 2.93. The minimum absolute atomic E-state index is 0.0414. The number of nitro groups is 1. The fourth-order valence-electron chi connectivity index (χ4n) is 1.59. The maximum absolute atomic E-state index is 11.2. The molecule has 6 nitrogen and oxygen atoms in total. The van der Waals surface area contributed by atoms with Gasteiger partial charge in [-0.3, -0.25) is 10.1 Å². The van der Waals surface area contributed by atoms with Gasteiger partial charge in [-0.2, -0.15) is 0 Å². The number of rotatable bonds is 7. The van der Waals surface area contributed by atoms with E-state index in [1.807, 2.05) is 13.8 Å². The molecule has 0 saturated carbocycles. The molecule has 1 atom stereocenters. The molecule has 1 rings (SSSR count). The molecular weight excluding hydrogens is 246 g/mol. The van der Waals surface area contributed by atoms with E-state index in [1.165, 1.54) is 0 Å². The van der Waals surface area contributed by atoms with Crippen molar-refractivity contribution in [3.05, 3.63) is 28.3 Å². The number of ether oxygens (including phenoxy) is 1. The zero-order valence-electron chi connectivity index (χ0n) is 11.6. The van der Waals surface area contributed by atoms with Crippen LogP contribution in [0.3, 0.4) is 0 Å². The molecule has 0 aromatic heterocycles. The fraction of sp³-hybridized carbons (Fsp3) is 0.538. The van der Waals surface area contributed by atoms with Crippen LogP contribution < -0.4 is 15.8 Å². The summed E-state index contributed by atoms with van der Waals surface area (Å²) in [6.07, 6.45) is 0. The molecule has 19 heavy (non-hydrogen) atoms. The summed E-state index contributed by atoms with van der Waals surface area (Å²) in [5, 5.41) is 14.2. The summed E-state index contributed by atoms with van der Waals surface area (Å²) in [7, 11) is 0. The van der Waals surface area contributed by atoms with E-state index in [0.717, 1.165) is 0 Å². The summed E-state index contributed by atoms with van der Waals surface area (Å²) in [6.45, 7) is 6.68. The van der Waals surface area contributed by atoms with Crippen molar-refractivity contribution in [1.29, 1.82) is 0 Å². The molecule has 6 heteroatoms. The average molecular weight is 267 g/mol. The maximum Gasteiger partial charge on any atom is 0.333 e. The van der Waals surface area contributed by atoms with Gasteiger partial charge in [0.2, 0.25) is 0 Å². The van der Waals surface area contributed by atoms with E-state index in [4.69, 9.17) is 10.5 Å². The molecule has 106 valence electrons. The quantitative estimate of drug-likeness (QED) is 0.584. The van der Waals surface area contributed by atoms with E-state index < -0.39 is 4.92 Å². The lowest BCUT2D eigenvalue weighted by atomic mass is 10.1. The molecule has 0 fully saturated rings. The predicted octanol–water partition coefficient (Wildman–Crippen LogP) is 2.39. The van der Waals surface area contributed by atoms with E-state index in [-0.39, 0.29) is 17.5 Å². The van der Waals surface area contributed by atoms with Crippen molar-refractivity contribution < 1.29 is 9.66 Å². The zero-order valence-corrected chi connectivity index (χ0v) is 11.6. The lowest BCUT2D eigenvalue weighted by Crippen LogP contribution is -2.34. The molecule has 0 aliphatic heterocycles. The summed E-state index contributed by atoms with van der Waals surface area (Å²) in [5.74, 6) is 0.581. The van der Waals surface area contributed by atoms with E-state index >= 15 is 0 Å². The van der Waals surface area contributed by atoms with Crippen LogP contribution in [0.2, 0.25) is 0 Å². The third-order valence-corrected chi connectivity index (χ3v) is 2.87. The van der Waals surface area contributed by atoms with Crippen LogP contribution in [-0.4, -0.2) is 24.1 Å². The number of benzene rings is 1. The van der Waals surface area contributed by atoms with Crippen molar-refractivity contribution in [2.45, 2.75) is 26.8 Å². The Morgan fingerprint density at radius 1 is 1.47 bits per heavy atom. The molecule has 0 radical (unpaired) electrons. The summed E-state index contributed by atoms with van der Waals surface area (Å²) in [5.41, 5.74) is 6.32. The smallest absolute Gasteiger partial charge is 0.333 e. The maximum atomic E-state index is 11.2. The number of para-hydroxylation sites is 1. The van der Waals surface area contributed by atoms with Crippen LogP contribution in [-0.2, 0) is 0 Å². The Hall–Kier alpha value is -1.82. The number of nitro benzene ring substituents is 1. The van der Waals surface area contributed by atoms with Gasteiger partial charge in [0.1, 0.15) is 5.69 Å². The monoisotopic (exact) mass is 267 g/mol. The van der Waals surface area contributed by atoms with Gasteiger partial charge in [0.15, 0.2) is 5.75 Å². The SMILES string of the molecule is CCOc1cccc(NCC(N)C(C)C)c1[N+](=O)[O-]. The van der Waals surface area contributed by atoms with Gasteiger partial charge in [0, 0.05) is 12.6 Å². The highest BCUT2D eigenvalue weighted by Gasteiger charge is 2.21. The Bertz CT molecular complexity index is 435. The molecule has 0 saturated heterocycles. The van der Waals surface area contributed by atoms with Gasteiger partial charge in [-0.25, -0.2) is 0 Å². The first-order valence-corrected chi connectivity index (χ1v) is 6.37. The molecule has 0 amide bonds. The molecule has 3 N–H and O–H groups in total. The minimum Gasteiger partial charge on any atom is -0.487 e. The standard InChI is InChI=1S/C13H21N3O3/c1-4-19-12-7-5-6-11(13(12)16(17)18)15-8-10(14)9(2)3/h5-7,9-10,15H,4,8,14H2,1-3H3. The van der Waals surface area contributed by atoms with Gasteiger partial charge in [-0.05, 0) is 25.0 Å². The van der Waals surface area contributed by atoms with Crippen LogP contribution in [0, 0.1) is 16.0 Å². The summed E-state index contributed by atoms with van der Waals surface area (Å²) >= 11 is 0. The van der Waals surface area contributed by atoms with Crippen molar-refractivity contribution in [2.24, 2.45) is 11.7 Å². The highest BCUT2D eigenvalue weighted by Crippen LogP contribution is 2.34. The molecule has 1 aromatic carbocycles. The lowest BCUT2D eigenvalue weighted by Gasteiger charge is -2.17. The first-order valence-electron chi connectivity index (χ1n) is 6.37. The minimum atomic E-state index is -0.436. The van der Waals surface area contributed by atoms with Gasteiger partial charge < -0.3 is 15.8 Å². The summed E-state index contributed by atoms with van der Waals surface area (Å²) in [6, 6.07) is 4.92. The Morgan fingerprint density at radius 3 is 2.68 bits per heavy atom. The lowest BCUT2D eigenvalue weighted by molar-refractivity contribution is -0.384. The topological polar surface area (TPSA) is 90.4 Å². The van der Waals surface area contributed by atoms with Crippen LogP contribution in [0.5, 0.6) is 5.75 Å². The van der Waals surface area contributed by atoms with Crippen molar-refractivity contribution in [3.8, 4) is 5.75 Å². The van der Waals surface area contributed by atoms with Crippen molar-refractivity contribution in [2.75, 3.05) is 18.5 Å². The summed E-state index contributed by atoms with van der Waals surface area (Å²) < 4.78 is 5.28. The fourth-order valence-corrected chi connectivity index (χ4v) is 1.59. The van der Waals surface area contributed by atoms with Gasteiger partial charge in [-0.15, -0.1) is 0 Å². The molecule has 0 bridgehead atoms. The third-order valence-electron chi connectivity index (χ3n) is 2.87. The molecule has 0 aliphatic carbocycles. The number of anilines is 1. The highest BCUT2D eigenvalue weighted by molar-refractivity contribution is 5.68. The summed E-state index contributed by atoms with van der Waals surface area (Å²) in [4.78, 5) is 10.7. The average Bonchev–Trinajstić information content (AvgIpc) is 2.35. The van der Waals surface area contributed by atoms with Crippen LogP contribution in [0.4, 0.5) is 11.4 Å². The number of nitrogens with zero attached hydrogens (tertiary/aromatic N) is 1. The second kappa shape index (κ2) is 6.94. The van der Waals surface area contributed by atoms with Crippen LogP contribution in [0.25, 0.3) is 0 Å². The Morgan fingerprint density at radius 2 is 2.16 bits per heavy atom. The van der Waals surface area contributed by atoms with E-state index in [1.54, 1.807) is 25.1 Å². The molecule has 1 unspecified atom stereocenters. The highest BCUT2D eigenvalue weighted by atomic mass is 16.6. The molecule has 0 spiro atoms. The van der Waals surface area contributed by atoms with Gasteiger partial charge in [0.05, 0.1) is 11.5 Å². The van der Waals surface area contributed by atoms with Crippen molar-refractivity contribution >= 4 is 11.4 Å². The van der Waals surface area contributed by atoms with E-state index in [2.05, 4.69) is 5.32 Å². The number of hydrogen-bond acceptors (Lipinski definition) is 5. The normalized spacial score (nSPS) is 12.3. The Labute approximate surface area is 113 Å². The van der Waals surface area contributed by atoms with Crippen LogP contribution in [0.15, 0.2) is 18.2 Å². The molecule has 1 aromatic rings. The largest absolute Gasteiger partial charge is 0.487 e. The third kappa shape index (κ3) is 4.10. The molecular formula is C13H21N3O3. The number of nitrogens with two attached hydrogens (primary N) is 1. The van der Waals surface area contributed by atoms with Gasteiger partial charge in [-0.1, -0.05) is 19.9 Å². The van der Waals surface area contributed by atoms with E-state index in [9.17, 15) is 10.1 Å². The van der Waals surface area contributed by atoms with Crippen molar-refractivity contribution in [1.82, 2.24) is 0 Å². The van der Waals surface area contributed by atoms with Crippen LogP contribution in [0.1, 0.15) is 20.8 Å².